The molecular formula is C24H20N2O3. The Bertz CT molecular complexity index is 1070. The monoisotopic (exact) mass is 384 g/mol. The summed E-state index contributed by atoms with van der Waals surface area (Å²) in [7, 11) is 0. The molecule has 5 nitrogen and oxygen atoms in total. The van der Waals surface area contributed by atoms with Crippen molar-refractivity contribution in [3.63, 3.8) is 0 Å². The largest absolute Gasteiger partial charge is 0.273 e. The normalized spacial score (nSPS) is 23.6. The van der Waals surface area contributed by atoms with Crippen molar-refractivity contribution < 1.29 is 14.4 Å². The van der Waals surface area contributed by atoms with Gasteiger partial charge in [0.1, 0.15) is 5.92 Å². The zero-order valence-corrected chi connectivity index (χ0v) is 15.9. The molecule has 29 heavy (non-hydrogen) atoms. The predicted molar refractivity (Wildman–Crippen MR) is 110 cm³/mol. The van der Waals surface area contributed by atoms with Crippen molar-refractivity contribution in [2.45, 2.75) is 19.1 Å². The summed E-state index contributed by atoms with van der Waals surface area (Å²) < 4.78 is 0. The third-order valence-electron chi connectivity index (χ3n) is 5.62. The summed E-state index contributed by atoms with van der Waals surface area (Å²) in [6.07, 6.45) is -0.840. The van der Waals surface area contributed by atoms with E-state index in [2.05, 4.69) is 0 Å². The number of hydroxylamine groups is 1. The van der Waals surface area contributed by atoms with E-state index < -0.39 is 12.0 Å². The van der Waals surface area contributed by atoms with Crippen LogP contribution in [0.4, 0.5) is 11.4 Å². The van der Waals surface area contributed by atoms with E-state index in [1.807, 2.05) is 85.8 Å². The molecule has 0 aliphatic carbocycles. The molecule has 144 valence electrons. The summed E-state index contributed by atoms with van der Waals surface area (Å²) in [5.74, 6) is -1.14. The number of anilines is 2. The van der Waals surface area contributed by atoms with Gasteiger partial charge >= 0.3 is 0 Å². The molecular weight excluding hydrogens is 364 g/mol. The van der Waals surface area contributed by atoms with Crippen molar-refractivity contribution in [2.75, 3.05) is 9.96 Å². The van der Waals surface area contributed by atoms with E-state index in [0.717, 1.165) is 16.8 Å². The van der Waals surface area contributed by atoms with Crippen molar-refractivity contribution in [2.24, 2.45) is 5.92 Å². The molecule has 2 amide bonds. The topological polar surface area (TPSA) is 49.9 Å². The van der Waals surface area contributed by atoms with Gasteiger partial charge in [0.2, 0.25) is 5.91 Å². The molecule has 5 rings (SSSR count). The number of para-hydroxylation sites is 2. The number of carbonyl (C=O) groups is 2. The van der Waals surface area contributed by atoms with Crippen molar-refractivity contribution in [3.8, 4) is 0 Å². The van der Waals surface area contributed by atoms with Crippen LogP contribution in [-0.2, 0) is 14.4 Å². The molecule has 0 saturated carbocycles. The minimum absolute atomic E-state index is 0.221. The molecule has 3 atom stereocenters. The molecule has 2 saturated heterocycles. The van der Waals surface area contributed by atoms with Gasteiger partial charge in [-0.1, -0.05) is 66.7 Å². The number of aryl methyl sites for hydroxylation is 1. The van der Waals surface area contributed by atoms with Gasteiger partial charge in [-0.15, -0.1) is 0 Å². The smallest absolute Gasteiger partial charge is 0.266 e. The van der Waals surface area contributed by atoms with E-state index in [9.17, 15) is 9.59 Å². The lowest BCUT2D eigenvalue weighted by atomic mass is 9.90. The van der Waals surface area contributed by atoms with Crippen molar-refractivity contribution in [1.82, 2.24) is 0 Å². The lowest BCUT2D eigenvalue weighted by Gasteiger charge is -2.29. The van der Waals surface area contributed by atoms with Gasteiger partial charge in [-0.05, 0) is 36.2 Å². The highest BCUT2D eigenvalue weighted by Crippen LogP contribution is 2.47. The van der Waals surface area contributed by atoms with Crippen LogP contribution < -0.4 is 9.96 Å². The molecule has 2 fully saturated rings. The Labute approximate surface area is 169 Å². The lowest BCUT2D eigenvalue weighted by Crippen LogP contribution is -2.37. The van der Waals surface area contributed by atoms with Gasteiger partial charge < -0.3 is 0 Å². The number of amides is 2. The highest BCUT2D eigenvalue weighted by molar-refractivity contribution is 6.24. The number of hydrogen-bond acceptors (Lipinski definition) is 4. The molecule has 2 heterocycles. The maximum atomic E-state index is 13.5. The van der Waals surface area contributed by atoms with E-state index in [0.29, 0.717) is 5.69 Å². The minimum atomic E-state index is -0.840. The second-order valence-electron chi connectivity index (χ2n) is 7.37. The van der Waals surface area contributed by atoms with Gasteiger partial charge in [-0.2, -0.15) is 0 Å². The highest BCUT2D eigenvalue weighted by Gasteiger charge is 2.60. The third-order valence-corrected chi connectivity index (χ3v) is 5.62. The Morgan fingerprint density at radius 1 is 0.759 bits per heavy atom. The van der Waals surface area contributed by atoms with Gasteiger partial charge in [-0.3, -0.25) is 14.4 Å². The highest BCUT2D eigenvalue weighted by atomic mass is 16.7. The lowest BCUT2D eigenvalue weighted by molar-refractivity contribution is -0.126. The van der Waals surface area contributed by atoms with Gasteiger partial charge in [0.05, 0.1) is 17.4 Å². The fourth-order valence-electron chi connectivity index (χ4n) is 4.25. The van der Waals surface area contributed by atoms with Crippen LogP contribution in [0, 0.1) is 12.8 Å². The molecule has 3 aromatic rings. The number of carbonyl (C=O) groups excluding carboxylic acids is 2. The fraction of sp³-hybridized carbons (Fsp3) is 0.167. The molecule has 0 radical (unpaired) electrons. The molecule has 3 aromatic carbocycles. The van der Waals surface area contributed by atoms with Crippen LogP contribution in [0.2, 0.25) is 0 Å². The summed E-state index contributed by atoms with van der Waals surface area (Å²) in [5.41, 5.74) is 3.26. The Kier molecular flexibility index (Phi) is 4.18. The van der Waals surface area contributed by atoms with Gasteiger partial charge in [0.15, 0.2) is 6.10 Å². The quantitative estimate of drug-likeness (QED) is 0.640. The molecule has 0 bridgehead atoms. The SMILES string of the molecule is Cc1ccccc1N1C(=O)[C@H]2[C@H](ON(c3ccccc3)[C@@H]2c2ccccc2)C1=O. The second kappa shape index (κ2) is 6.87. The first-order valence-electron chi connectivity index (χ1n) is 9.66. The molecule has 5 heteroatoms. The Morgan fingerprint density at radius 2 is 1.38 bits per heavy atom. The molecule has 0 spiro atoms. The number of imide groups is 1. The third kappa shape index (κ3) is 2.74. The van der Waals surface area contributed by atoms with E-state index in [-0.39, 0.29) is 17.9 Å². The summed E-state index contributed by atoms with van der Waals surface area (Å²) >= 11 is 0. The standard InChI is InChI=1S/C24H20N2O3/c1-16-10-8-9-15-19(16)25-23(27)20-21(17-11-4-2-5-12-17)26(29-22(20)24(25)28)18-13-6-3-7-14-18/h2-15,20-22H,1H3/t20-,21-,22+/m1/s1. The van der Waals surface area contributed by atoms with Crippen LogP contribution in [0.3, 0.4) is 0 Å². The van der Waals surface area contributed by atoms with E-state index >= 15 is 0 Å². The fourth-order valence-corrected chi connectivity index (χ4v) is 4.25. The van der Waals surface area contributed by atoms with Gasteiger partial charge in [0.25, 0.3) is 5.91 Å². The Morgan fingerprint density at radius 3 is 2.07 bits per heavy atom. The number of nitrogens with zero attached hydrogens (tertiary/aromatic N) is 2. The zero-order valence-electron chi connectivity index (χ0n) is 15.9. The van der Waals surface area contributed by atoms with Crippen LogP contribution in [0.5, 0.6) is 0 Å². The summed E-state index contributed by atoms with van der Waals surface area (Å²) in [6, 6.07) is 26.4. The number of fused-ring (bicyclic) bond motifs is 1. The maximum Gasteiger partial charge on any atom is 0.266 e. The first kappa shape index (κ1) is 17.6. The van der Waals surface area contributed by atoms with E-state index in [1.54, 1.807) is 11.1 Å². The maximum absolute atomic E-state index is 13.5. The molecule has 0 aromatic heterocycles. The van der Waals surface area contributed by atoms with Crippen molar-refractivity contribution in [1.29, 1.82) is 0 Å². The number of benzene rings is 3. The summed E-state index contributed by atoms with van der Waals surface area (Å²) in [6.45, 7) is 1.90. The average Bonchev–Trinajstić information content (AvgIpc) is 3.26. The predicted octanol–water partition coefficient (Wildman–Crippen LogP) is 4.05. The summed E-state index contributed by atoms with van der Waals surface area (Å²) in [5, 5.41) is 1.72. The van der Waals surface area contributed by atoms with Crippen LogP contribution in [-0.4, -0.2) is 17.9 Å². The molecule has 0 N–H and O–H groups in total. The minimum Gasteiger partial charge on any atom is -0.273 e. The van der Waals surface area contributed by atoms with Crippen LogP contribution in [0.1, 0.15) is 17.2 Å². The first-order chi connectivity index (χ1) is 14.2. The van der Waals surface area contributed by atoms with Crippen molar-refractivity contribution >= 4 is 23.2 Å². The van der Waals surface area contributed by atoms with E-state index in [1.165, 1.54) is 4.90 Å². The number of hydrogen-bond donors (Lipinski definition) is 0. The summed E-state index contributed by atoms with van der Waals surface area (Å²) in [4.78, 5) is 34.2. The van der Waals surface area contributed by atoms with Crippen LogP contribution in [0.15, 0.2) is 84.9 Å². The molecule has 0 unspecified atom stereocenters. The van der Waals surface area contributed by atoms with E-state index in [4.69, 9.17) is 4.84 Å². The van der Waals surface area contributed by atoms with Gasteiger partial charge in [0, 0.05) is 0 Å². The Balaban J connectivity index is 1.60. The van der Waals surface area contributed by atoms with Crippen LogP contribution >= 0.6 is 0 Å². The molecule has 2 aliphatic heterocycles. The number of rotatable bonds is 3. The second-order valence-corrected chi connectivity index (χ2v) is 7.37. The average molecular weight is 384 g/mol. The van der Waals surface area contributed by atoms with Crippen LogP contribution in [0.25, 0.3) is 0 Å². The van der Waals surface area contributed by atoms with Gasteiger partial charge in [-0.25, -0.2) is 9.96 Å². The zero-order chi connectivity index (χ0) is 20.0. The Hall–Kier alpha value is -3.44. The molecule has 2 aliphatic rings. The van der Waals surface area contributed by atoms with Crippen molar-refractivity contribution in [3.05, 3.63) is 96.1 Å². The first-order valence-corrected chi connectivity index (χ1v) is 9.66.